The minimum absolute atomic E-state index is 0.0246. The van der Waals surface area contributed by atoms with Crippen molar-refractivity contribution in [2.75, 3.05) is 18.8 Å². The number of pyridine rings is 1. The minimum atomic E-state index is -2.50. The van der Waals surface area contributed by atoms with E-state index in [9.17, 15) is 17.6 Å². The van der Waals surface area contributed by atoms with E-state index in [1.165, 1.54) is 4.57 Å². The van der Waals surface area contributed by atoms with Crippen molar-refractivity contribution in [3.63, 3.8) is 0 Å². The van der Waals surface area contributed by atoms with Gasteiger partial charge in [-0.05, 0) is 38.5 Å². The topological polar surface area (TPSA) is 90.2 Å². The Morgan fingerprint density at radius 3 is 2.66 bits per heavy atom. The fourth-order valence-electron chi connectivity index (χ4n) is 4.04. The van der Waals surface area contributed by atoms with Crippen molar-refractivity contribution in [3.05, 3.63) is 48.7 Å². The highest BCUT2D eigenvalue weighted by molar-refractivity contribution is 5.82. The Labute approximate surface area is 199 Å². The number of halogens is 4. The lowest BCUT2D eigenvalue weighted by Crippen LogP contribution is -2.41. The van der Waals surface area contributed by atoms with E-state index in [-0.39, 0.29) is 18.9 Å². The summed E-state index contributed by atoms with van der Waals surface area (Å²) in [6.45, 7) is 7.23. The first-order chi connectivity index (χ1) is 16.5. The number of piperidine rings is 1. The average molecular weight is 491 g/mol. The lowest BCUT2D eigenvalue weighted by molar-refractivity contribution is -0.0548. The Bertz CT molecular complexity index is 1360. The number of rotatable bonds is 4. The third-order valence-electron chi connectivity index (χ3n) is 5.75. The predicted octanol–water partition coefficient (Wildman–Crippen LogP) is 4.55. The van der Waals surface area contributed by atoms with Gasteiger partial charge in [0.15, 0.2) is 5.65 Å². The minimum Gasteiger partial charge on any atom is -0.370 e. The number of aromatic nitrogens is 6. The molecule has 5 heterocycles. The molecule has 4 aromatic rings. The first-order valence-corrected chi connectivity index (χ1v) is 11.0. The zero-order chi connectivity index (χ0) is 25.3. The number of allylic oxidation sites excluding steroid dienone is 1. The fraction of sp³-hybridized carbons (Fsp3) is 0.391. The molecule has 0 saturated carbocycles. The van der Waals surface area contributed by atoms with Gasteiger partial charge < -0.3 is 15.2 Å². The van der Waals surface area contributed by atoms with Crippen LogP contribution in [0.4, 0.5) is 23.5 Å². The number of likely N-dealkylation sites (tertiary alicyclic amines) is 1. The summed E-state index contributed by atoms with van der Waals surface area (Å²) in [7, 11) is 0. The number of alkyl halides is 4. The molecular formula is C23H26F4N8. The molecular weight excluding hydrogens is 464 g/mol. The molecule has 0 aromatic carbocycles. The van der Waals surface area contributed by atoms with Crippen molar-refractivity contribution in [1.82, 2.24) is 34.0 Å². The summed E-state index contributed by atoms with van der Waals surface area (Å²) in [6, 6.07) is 5.40. The average Bonchev–Trinajstić information content (AvgIpc) is 3.33. The molecule has 0 radical (unpaired) electrons. The van der Waals surface area contributed by atoms with Crippen molar-refractivity contribution in [1.29, 1.82) is 0 Å². The van der Waals surface area contributed by atoms with Gasteiger partial charge in [0.1, 0.15) is 11.3 Å². The van der Waals surface area contributed by atoms with E-state index in [0.29, 0.717) is 29.1 Å². The summed E-state index contributed by atoms with van der Waals surface area (Å²) >= 11 is 0. The maximum Gasteiger partial charge on any atom is 0.265 e. The van der Waals surface area contributed by atoms with Crippen LogP contribution >= 0.6 is 0 Å². The number of aryl methyl sites for hydroxylation is 1. The van der Waals surface area contributed by atoms with E-state index in [2.05, 4.69) is 26.6 Å². The molecule has 0 aliphatic carbocycles. The molecule has 35 heavy (non-hydrogen) atoms. The zero-order valence-corrected chi connectivity index (χ0v) is 19.4. The van der Waals surface area contributed by atoms with Gasteiger partial charge in [0.2, 0.25) is 5.95 Å². The van der Waals surface area contributed by atoms with Crippen molar-refractivity contribution < 1.29 is 17.6 Å². The van der Waals surface area contributed by atoms with Crippen LogP contribution in [-0.4, -0.2) is 59.5 Å². The van der Waals surface area contributed by atoms with Crippen LogP contribution in [0.15, 0.2) is 42.9 Å². The molecule has 0 atom stereocenters. The van der Waals surface area contributed by atoms with Crippen LogP contribution in [0.5, 0.6) is 0 Å². The Morgan fingerprint density at radius 2 is 2.00 bits per heavy atom. The first kappa shape index (κ1) is 24.4. The number of nitrogens with zero attached hydrogens (tertiary/aromatic N) is 7. The van der Waals surface area contributed by atoms with Crippen molar-refractivity contribution in [3.8, 4) is 11.3 Å². The van der Waals surface area contributed by atoms with E-state index in [1.807, 2.05) is 6.07 Å². The third kappa shape index (κ3) is 5.36. The summed E-state index contributed by atoms with van der Waals surface area (Å²) in [5, 5.41) is 4.08. The first-order valence-electron chi connectivity index (χ1n) is 11.0. The molecule has 2 N–H and O–H groups in total. The molecule has 8 nitrogen and oxygen atoms in total. The summed E-state index contributed by atoms with van der Waals surface area (Å²) in [6.07, 6.45) is 1.47. The summed E-state index contributed by atoms with van der Waals surface area (Å²) in [4.78, 5) is 14.4. The largest absolute Gasteiger partial charge is 0.370 e. The predicted molar refractivity (Wildman–Crippen MR) is 125 cm³/mol. The Morgan fingerprint density at radius 1 is 1.23 bits per heavy atom. The molecule has 0 spiro atoms. The smallest absolute Gasteiger partial charge is 0.265 e. The summed E-state index contributed by atoms with van der Waals surface area (Å²) < 4.78 is 54.1. The number of anilines is 1. The molecule has 186 valence electrons. The highest BCUT2D eigenvalue weighted by Crippen LogP contribution is 2.28. The van der Waals surface area contributed by atoms with Crippen LogP contribution < -0.4 is 5.73 Å². The maximum atomic E-state index is 12.8. The quantitative estimate of drug-likeness (QED) is 0.422. The van der Waals surface area contributed by atoms with E-state index >= 15 is 0 Å². The number of hydrogen-bond donors (Lipinski definition) is 1. The van der Waals surface area contributed by atoms with Crippen LogP contribution in [-0.2, 0) is 6.54 Å². The van der Waals surface area contributed by atoms with E-state index in [4.69, 9.17) is 5.73 Å². The maximum absolute atomic E-state index is 12.8. The normalized spacial score (nSPS) is 15.5. The second-order valence-electron chi connectivity index (χ2n) is 8.49. The third-order valence-corrected chi connectivity index (χ3v) is 5.75. The molecule has 4 aromatic heterocycles. The Balaban J connectivity index is 0.000000221. The van der Waals surface area contributed by atoms with Gasteiger partial charge in [0, 0.05) is 30.4 Å². The summed E-state index contributed by atoms with van der Waals surface area (Å²) in [5.41, 5.74) is 9.48. The van der Waals surface area contributed by atoms with Gasteiger partial charge in [-0.25, -0.2) is 37.0 Å². The molecule has 5 rings (SSSR count). The van der Waals surface area contributed by atoms with Crippen molar-refractivity contribution in [2.45, 2.75) is 45.6 Å². The molecule has 0 unspecified atom stereocenters. The van der Waals surface area contributed by atoms with Crippen LogP contribution in [0.3, 0.4) is 0 Å². The second kappa shape index (κ2) is 9.51. The number of nitrogens with two attached hydrogens (primary N) is 1. The second-order valence-corrected chi connectivity index (χ2v) is 8.49. The van der Waals surface area contributed by atoms with E-state index in [0.717, 1.165) is 23.3 Å². The Kier molecular flexibility index (Phi) is 6.64. The van der Waals surface area contributed by atoms with Gasteiger partial charge >= 0.3 is 0 Å². The summed E-state index contributed by atoms with van der Waals surface area (Å²) in [5.74, 6) is -1.83. The molecule has 1 saturated heterocycles. The zero-order valence-electron chi connectivity index (χ0n) is 19.4. The number of imidazole rings is 1. The number of nitrogen functional groups attached to an aromatic ring is 1. The molecule has 1 aliphatic rings. The van der Waals surface area contributed by atoms with Gasteiger partial charge in [0.25, 0.3) is 12.3 Å². The number of fused-ring (bicyclic) bond motifs is 2. The molecule has 12 heteroatoms. The lowest BCUT2D eigenvalue weighted by Gasteiger charge is -2.34. The van der Waals surface area contributed by atoms with Crippen molar-refractivity contribution >= 4 is 22.6 Å². The standard InChI is InChI=1S/C15H13F2N7.C8H13F2N/c1-8-20-11-3-2-10(21-14(11)23(8)7-13(16)17)9-4-5-24-12(9)6-19-15(18)22-24;1-7(2)11-5-3-4-8(9,10)6-11/h2-6,13H,7H2,1H3,(H2,18,22);1,3-6H2,2H3. The SMILES string of the molecule is C=C(C)N1CCCC(F)(F)C1.Cc1nc2ccc(-c3ccn4nc(N)ncc34)nc2n1CC(F)F. The monoisotopic (exact) mass is 490 g/mol. The van der Waals surface area contributed by atoms with E-state index in [1.54, 1.807) is 47.8 Å². The van der Waals surface area contributed by atoms with Gasteiger partial charge in [-0.1, -0.05) is 6.58 Å². The van der Waals surface area contributed by atoms with Crippen molar-refractivity contribution in [2.24, 2.45) is 0 Å². The molecule has 0 amide bonds. The highest BCUT2D eigenvalue weighted by Gasteiger charge is 2.34. The van der Waals surface area contributed by atoms with E-state index < -0.39 is 18.9 Å². The van der Waals surface area contributed by atoms with Gasteiger partial charge in [0.05, 0.1) is 30.5 Å². The van der Waals surface area contributed by atoms with Gasteiger partial charge in [-0.15, -0.1) is 5.10 Å². The van der Waals surface area contributed by atoms with Gasteiger partial charge in [-0.3, -0.25) is 0 Å². The molecule has 0 bridgehead atoms. The Hall–Kier alpha value is -3.70. The van der Waals surface area contributed by atoms with Crippen LogP contribution in [0, 0.1) is 6.92 Å². The molecule has 1 aliphatic heterocycles. The number of hydrogen-bond acceptors (Lipinski definition) is 6. The van der Waals surface area contributed by atoms with Crippen LogP contribution in [0.25, 0.3) is 27.9 Å². The van der Waals surface area contributed by atoms with Gasteiger partial charge in [-0.2, -0.15) is 0 Å². The molecule has 1 fully saturated rings. The highest BCUT2D eigenvalue weighted by atomic mass is 19.3. The fourth-order valence-corrected chi connectivity index (χ4v) is 4.04. The van der Waals surface area contributed by atoms with Crippen LogP contribution in [0.1, 0.15) is 25.6 Å². The van der Waals surface area contributed by atoms with Crippen LogP contribution in [0.2, 0.25) is 0 Å². The lowest BCUT2D eigenvalue weighted by atomic mass is 10.1.